The summed E-state index contributed by atoms with van der Waals surface area (Å²) in [5.41, 5.74) is 1.76. The third kappa shape index (κ3) is 3.93. The van der Waals surface area contributed by atoms with Crippen molar-refractivity contribution in [3.8, 4) is 5.75 Å². The molecule has 3 aromatic carbocycles. The number of para-hydroxylation sites is 2. The molecule has 4 aromatic rings. The highest BCUT2D eigenvalue weighted by Crippen LogP contribution is 2.22. The molecule has 0 radical (unpaired) electrons. The van der Waals surface area contributed by atoms with Gasteiger partial charge < -0.3 is 24.8 Å². The zero-order valence-electron chi connectivity index (χ0n) is 15.5. The fourth-order valence-electron chi connectivity index (χ4n) is 3.28. The maximum Gasteiger partial charge on any atom is 0.204 e. The van der Waals surface area contributed by atoms with Crippen LogP contribution in [0.15, 0.2) is 66.7 Å². The van der Waals surface area contributed by atoms with Crippen LogP contribution in [-0.2, 0) is 6.54 Å². The van der Waals surface area contributed by atoms with Crippen molar-refractivity contribution in [1.29, 1.82) is 0 Å². The molecule has 6 nitrogen and oxygen atoms in total. The van der Waals surface area contributed by atoms with Crippen molar-refractivity contribution < 1.29 is 14.9 Å². The normalized spacial score (nSPS) is 12.4. The largest absolute Gasteiger partial charge is 0.491 e. The Morgan fingerprint density at radius 3 is 2.64 bits per heavy atom. The van der Waals surface area contributed by atoms with E-state index in [1.54, 1.807) is 0 Å². The molecule has 144 valence electrons. The van der Waals surface area contributed by atoms with E-state index in [4.69, 9.17) is 9.84 Å². The van der Waals surface area contributed by atoms with Crippen molar-refractivity contribution in [1.82, 2.24) is 9.55 Å². The van der Waals surface area contributed by atoms with Crippen molar-refractivity contribution >= 4 is 27.8 Å². The van der Waals surface area contributed by atoms with Gasteiger partial charge in [0.25, 0.3) is 0 Å². The van der Waals surface area contributed by atoms with E-state index in [1.807, 2.05) is 65.2 Å². The van der Waals surface area contributed by atoms with E-state index in [-0.39, 0.29) is 13.2 Å². The van der Waals surface area contributed by atoms with Crippen molar-refractivity contribution in [2.24, 2.45) is 0 Å². The number of imidazole rings is 1. The zero-order valence-corrected chi connectivity index (χ0v) is 15.5. The van der Waals surface area contributed by atoms with Gasteiger partial charge in [-0.2, -0.15) is 0 Å². The number of hydrogen-bond acceptors (Lipinski definition) is 5. The van der Waals surface area contributed by atoms with Crippen LogP contribution in [0.25, 0.3) is 21.8 Å². The lowest BCUT2D eigenvalue weighted by molar-refractivity contribution is 0.0939. The Kier molecular flexibility index (Phi) is 5.41. The van der Waals surface area contributed by atoms with E-state index in [1.165, 1.54) is 0 Å². The molecule has 1 aromatic heterocycles. The summed E-state index contributed by atoms with van der Waals surface area (Å²) in [6.07, 6.45) is -0.709. The average molecular weight is 377 g/mol. The van der Waals surface area contributed by atoms with Crippen molar-refractivity contribution in [3.63, 3.8) is 0 Å². The number of fused-ring (bicyclic) bond motifs is 2. The molecule has 0 aliphatic carbocycles. The number of aliphatic hydroxyl groups excluding tert-OH is 2. The summed E-state index contributed by atoms with van der Waals surface area (Å²) in [4.78, 5) is 4.54. The molecule has 3 N–H and O–H groups in total. The van der Waals surface area contributed by atoms with E-state index in [2.05, 4.69) is 16.4 Å². The zero-order chi connectivity index (χ0) is 19.3. The minimum absolute atomic E-state index is 0.0107. The van der Waals surface area contributed by atoms with E-state index in [9.17, 15) is 5.11 Å². The fraction of sp³-hybridized carbons (Fsp3) is 0.227. The minimum atomic E-state index is -0.709. The van der Waals surface area contributed by atoms with Gasteiger partial charge in [0.05, 0.1) is 24.2 Å². The van der Waals surface area contributed by atoms with Crippen LogP contribution in [0.2, 0.25) is 0 Å². The van der Waals surface area contributed by atoms with Gasteiger partial charge in [-0.25, -0.2) is 4.98 Å². The van der Waals surface area contributed by atoms with Crippen molar-refractivity contribution in [3.05, 3.63) is 66.7 Å². The lowest BCUT2D eigenvalue weighted by Crippen LogP contribution is -2.25. The number of aromatic nitrogens is 2. The van der Waals surface area contributed by atoms with E-state index >= 15 is 0 Å². The maximum absolute atomic E-state index is 10.6. The number of nitrogens with one attached hydrogen (secondary N) is 1. The van der Waals surface area contributed by atoms with Crippen LogP contribution < -0.4 is 10.1 Å². The van der Waals surface area contributed by atoms with Gasteiger partial charge in [0, 0.05) is 6.54 Å². The molecule has 4 rings (SSSR count). The van der Waals surface area contributed by atoms with Gasteiger partial charge in [-0.05, 0) is 35.0 Å². The molecule has 1 unspecified atom stereocenters. The molecule has 0 spiro atoms. The topological polar surface area (TPSA) is 79.5 Å². The summed E-state index contributed by atoms with van der Waals surface area (Å²) in [6, 6.07) is 21.7. The molecular weight excluding hydrogens is 354 g/mol. The Balaban J connectivity index is 1.47. The Bertz CT molecular complexity index is 1080. The highest BCUT2D eigenvalue weighted by molar-refractivity contribution is 5.83. The maximum atomic E-state index is 10.6. The number of rotatable bonds is 8. The highest BCUT2D eigenvalue weighted by Gasteiger charge is 2.14. The first-order chi connectivity index (χ1) is 13.7. The Hall–Kier alpha value is -3.09. The monoisotopic (exact) mass is 377 g/mol. The third-order valence-electron chi connectivity index (χ3n) is 4.61. The standard InChI is InChI=1S/C22H23N3O3/c26-12-11-23-22-24-20-7-3-4-8-21(20)25(22)14-18(27)15-28-19-10-9-16-5-1-2-6-17(16)13-19/h1-10,13,18,26-27H,11-12,14-15H2,(H,23,24). The number of ether oxygens (including phenoxy) is 1. The summed E-state index contributed by atoms with van der Waals surface area (Å²) in [5, 5.41) is 25.0. The van der Waals surface area contributed by atoms with Gasteiger partial charge in [-0.1, -0.05) is 42.5 Å². The molecule has 28 heavy (non-hydrogen) atoms. The second-order valence-electron chi connectivity index (χ2n) is 6.66. The number of hydrogen-bond donors (Lipinski definition) is 3. The van der Waals surface area contributed by atoms with Gasteiger partial charge >= 0.3 is 0 Å². The molecule has 0 saturated carbocycles. The predicted octanol–water partition coefficient (Wildman–Crippen LogP) is 3.03. The molecule has 0 saturated heterocycles. The molecule has 1 heterocycles. The fourth-order valence-corrected chi connectivity index (χ4v) is 3.28. The van der Waals surface area contributed by atoms with Crippen molar-refractivity contribution in [2.45, 2.75) is 12.6 Å². The lowest BCUT2D eigenvalue weighted by atomic mass is 10.1. The quantitative estimate of drug-likeness (QED) is 0.440. The summed E-state index contributed by atoms with van der Waals surface area (Å²) >= 11 is 0. The van der Waals surface area contributed by atoms with Gasteiger partial charge in [-0.15, -0.1) is 0 Å². The molecule has 0 fully saturated rings. The Morgan fingerprint density at radius 2 is 1.79 bits per heavy atom. The van der Waals surface area contributed by atoms with Crippen LogP contribution in [0, 0.1) is 0 Å². The first-order valence-electron chi connectivity index (χ1n) is 9.34. The van der Waals surface area contributed by atoms with Gasteiger partial charge in [0.15, 0.2) is 0 Å². The highest BCUT2D eigenvalue weighted by atomic mass is 16.5. The van der Waals surface area contributed by atoms with Gasteiger partial charge in [0.1, 0.15) is 18.5 Å². The van der Waals surface area contributed by atoms with E-state index in [0.29, 0.717) is 19.0 Å². The summed E-state index contributed by atoms with van der Waals surface area (Å²) in [7, 11) is 0. The van der Waals surface area contributed by atoms with Gasteiger partial charge in [-0.3, -0.25) is 0 Å². The van der Waals surface area contributed by atoms with Crippen LogP contribution in [0.4, 0.5) is 5.95 Å². The lowest BCUT2D eigenvalue weighted by Gasteiger charge is -2.16. The Morgan fingerprint density at radius 1 is 1.00 bits per heavy atom. The molecule has 0 amide bonds. The smallest absolute Gasteiger partial charge is 0.204 e. The Labute approximate surface area is 163 Å². The van der Waals surface area contributed by atoms with Crippen LogP contribution in [0.1, 0.15) is 0 Å². The first kappa shape index (κ1) is 18.3. The first-order valence-corrected chi connectivity index (χ1v) is 9.34. The SMILES string of the molecule is OCCNc1nc2ccccc2n1CC(O)COc1ccc2ccccc2c1. The molecule has 0 aliphatic heterocycles. The molecule has 0 bridgehead atoms. The third-order valence-corrected chi connectivity index (χ3v) is 4.61. The second kappa shape index (κ2) is 8.29. The summed E-state index contributed by atoms with van der Waals surface area (Å²) in [6.45, 7) is 0.913. The summed E-state index contributed by atoms with van der Waals surface area (Å²) in [5.74, 6) is 1.35. The predicted molar refractivity (Wildman–Crippen MR) is 111 cm³/mol. The number of nitrogens with zero attached hydrogens (tertiary/aromatic N) is 2. The molecule has 1 atom stereocenters. The van der Waals surface area contributed by atoms with Gasteiger partial charge in [0.2, 0.25) is 5.95 Å². The van der Waals surface area contributed by atoms with E-state index < -0.39 is 6.10 Å². The summed E-state index contributed by atoms with van der Waals surface area (Å²) < 4.78 is 7.73. The van der Waals surface area contributed by atoms with E-state index in [0.717, 1.165) is 27.6 Å². The van der Waals surface area contributed by atoms with Crippen LogP contribution in [0.5, 0.6) is 5.75 Å². The molecular formula is C22H23N3O3. The second-order valence-corrected chi connectivity index (χ2v) is 6.66. The average Bonchev–Trinajstić information content (AvgIpc) is 3.08. The van der Waals surface area contributed by atoms with Crippen molar-refractivity contribution in [2.75, 3.05) is 25.1 Å². The van der Waals surface area contributed by atoms with Crippen LogP contribution in [0.3, 0.4) is 0 Å². The minimum Gasteiger partial charge on any atom is -0.491 e. The molecule has 6 heteroatoms. The van der Waals surface area contributed by atoms with Crippen LogP contribution in [-0.4, -0.2) is 45.6 Å². The molecule has 0 aliphatic rings. The number of anilines is 1. The number of aliphatic hydroxyl groups is 2. The van der Waals surface area contributed by atoms with Crippen LogP contribution >= 0.6 is 0 Å². The number of benzene rings is 3.